The number of hydrogen-bond donors (Lipinski definition) is 1. The van der Waals surface area contributed by atoms with Gasteiger partial charge >= 0.3 is 11.6 Å². The number of fused-ring (bicyclic) bond motifs is 1. The van der Waals surface area contributed by atoms with Gasteiger partial charge in [-0.15, -0.1) is 0 Å². The fourth-order valence-electron chi connectivity index (χ4n) is 3.51. The second-order valence-electron chi connectivity index (χ2n) is 7.81. The average molecular weight is 439 g/mol. The van der Waals surface area contributed by atoms with Gasteiger partial charge in [-0.1, -0.05) is 70.1 Å². The van der Waals surface area contributed by atoms with Gasteiger partial charge in [0.15, 0.2) is 5.75 Å². The minimum Gasteiger partial charge on any atom is -0.508 e. The Bertz CT molecular complexity index is 1070. The minimum absolute atomic E-state index is 0.0382. The molecule has 0 atom stereocenters. The first kappa shape index (κ1) is 23.4. The molecule has 0 saturated carbocycles. The van der Waals surface area contributed by atoms with E-state index in [-0.39, 0.29) is 22.8 Å². The molecule has 6 nitrogen and oxygen atoms in total. The highest BCUT2D eigenvalue weighted by molar-refractivity contribution is 5.93. The Morgan fingerprint density at radius 2 is 1.59 bits per heavy atom. The highest BCUT2D eigenvalue weighted by Gasteiger charge is 2.21. The predicted molar refractivity (Wildman–Crippen MR) is 124 cm³/mol. The van der Waals surface area contributed by atoms with Crippen molar-refractivity contribution < 1.29 is 23.8 Å². The number of rotatable bonds is 12. The number of hydrogen-bond acceptors (Lipinski definition) is 6. The van der Waals surface area contributed by atoms with Crippen molar-refractivity contribution in [2.24, 2.45) is 0 Å². The van der Waals surface area contributed by atoms with Gasteiger partial charge in [0.2, 0.25) is 0 Å². The smallest absolute Gasteiger partial charge is 0.383 e. The predicted octanol–water partition coefficient (Wildman–Crippen LogP) is 6.24. The summed E-state index contributed by atoms with van der Waals surface area (Å²) in [6, 6.07) is 12.8. The van der Waals surface area contributed by atoms with Crippen LogP contribution in [0.4, 0.5) is 0 Å². The number of phenolic OH excluding ortho intramolecular Hbond substituents is 1. The van der Waals surface area contributed by atoms with Crippen LogP contribution in [0.5, 0.6) is 17.2 Å². The third-order valence-electron chi connectivity index (χ3n) is 5.25. The summed E-state index contributed by atoms with van der Waals surface area (Å²) >= 11 is 0. The first-order valence-corrected chi connectivity index (χ1v) is 11.3. The van der Waals surface area contributed by atoms with Gasteiger partial charge in [-0.25, -0.2) is 9.59 Å². The molecule has 0 radical (unpaired) electrons. The molecule has 0 saturated heterocycles. The number of unbranched alkanes of at least 4 members (excludes halogenated alkanes) is 7. The summed E-state index contributed by atoms with van der Waals surface area (Å²) in [5.74, 6) is -0.836. The minimum atomic E-state index is -0.835. The van der Waals surface area contributed by atoms with Crippen molar-refractivity contribution >= 4 is 16.9 Å². The maximum Gasteiger partial charge on any atom is 0.383 e. The number of ether oxygens (including phenoxy) is 2. The average Bonchev–Trinajstić information content (AvgIpc) is 2.80. The molecule has 3 aromatic rings. The standard InChI is InChI=1S/C26H30O6/c1-2-3-4-5-6-7-8-12-17-30-23-21-16-15-20(27)18-22(21)31-26(29)24(23)32-25(28)19-13-10-9-11-14-19/h9-11,13-16,18,27H,2-8,12,17H2,1H3. The molecule has 0 amide bonds. The van der Waals surface area contributed by atoms with E-state index in [0.29, 0.717) is 17.6 Å². The van der Waals surface area contributed by atoms with Gasteiger partial charge in [-0.05, 0) is 30.7 Å². The number of aromatic hydroxyl groups is 1. The lowest BCUT2D eigenvalue weighted by molar-refractivity contribution is 0.0721. The Balaban J connectivity index is 1.73. The SMILES string of the molecule is CCCCCCCCCCOc1c(OC(=O)c2ccccc2)c(=O)oc2cc(O)ccc12. The van der Waals surface area contributed by atoms with Crippen LogP contribution in [-0.4, -0.2) is 17.7 Å². The summed E-state index contributed by atoms with van der Waals surface area (Å²) < 4.78 is 16.6. The van der Waals surface area contributed by atoms with Gasteiger partial charge in [-0.2, -0.15) is 0 Å². The molecule has 0 aliphatic carbocycles. The molecule has 1 heterocycles. The van der Waals surface area contributed by atoms with E-state index in [1.165, 1.54) is 44.2 Å². The van der Waals surface area contributed by atoms with E-state index in [0.717, 1.165) is 19.3 Å². The van der Waals surface area contributed by atoms with Gasteiger partial charge in [0.25, 0.3) is 5.75 Å². The van der Waals surface area contributed by atoms with Crippen LogP contribution in [0.2, 0.25) is 0 Å². The molecule has 3 rings (SSSR count). The second-order valence-corrected chi connectivity index (χ2v) is 7.81. The highest BCUT2D eigenvalue weighted by atomic mass is 16.6. The zero-order valence-electron chi connectivity index (χ0n) is 18.5. The summed E-state index contributed by atoms with van der Waals surface area (Å²) in [6.45, 7) is 2.59. The van der Waals surface area contributed by atoms with Gasteiger partial charge in [0, 0.05) is 6.07 Å². The number of benzene rings is 2. The summed E-state index contributed by atoms with van der Waals surface area (Å²) in [6.07, 6.45) is 9.23. The number of carbonyl (C=O) groups excluding carboxylic acids is 1. The highest BCUT2D eigenvalue weighted by Crippen LogP contribution is 2.35. The van der Waals surface area contributed by atoms with E-state index < -0.39 is 11.6 Å². The van der Waals surface area contributed by atoms with E-state index >= 15 is 0 Å². The number of carbonyl (C=O) groups is 1. The first-order chi connectivity index (χ1) is 15.6. The summed E-state index contributed by atoms with van der Waals surface area (Å²) in [4.78, 5) is 25.1. The molecule has 0 aliphatic heterocycles. The van der Waals surface area contributed by atoms with Crippen molar-refractivity contribution in [3.05, 3.63) is 64.5 Å². The quantitative estimate of drug-likeness (QED) is 0.205. The van der Waals surface area contributed by atoms with Crippen molar-refractivity contribution in [1.82, 2.24) is 0 Å². The Kier molecular flexibility index (Phi) is 8.72. The van der Waals surface area contributed by atoms with Crippen LogP contribution >= 0.6 is 0 Å². The van der Waals surface area contributed by atoms with Crippen molar-refractivity contribution in [1.29, 1.82) is 0 Å². The molecule has 0 fully saturated rings. The topological polar surface area (TPSA) is 86.0 Å². The maximum atomic E-state index is 12.6. The normalized spacial score (nSPS) is 10.9. The Morgan fingerprint density at radius 1 is 0.906 bits per heavy atom. The molecule has 2 aromatic carbocycles. The molecule has 0 spiro atoms. The first-order valence-electron chi connectivity index (χ1n) is 11.3. The summed E-state index contributed by atoms with van der Waals surface area (Å²) in [5, 5.41) is 10.2. The van der Waals surface area contributed by atoms with Crippen molar-refractivity contribution in [3.8, 4) is 17.2 Å². The fraction of sp³-hybridized carbons (Fsp3) is 0.385. The largest absolute Gasteiger partial charge is 0.508 e. The van der Waals surface area contributed by atoms with Crippen LogP contribution < -0.4 is 15.1 Å². The molecule has 32 heavy (non-hydrogen) atoms. The van der Waals surface area contributed by atoms with Crippen molar-refractivity contribution in [2.75, 3.05) is 6.61 Å². The molecule has 0 bridgehead atoms. The molecule has 1 aromatic heterocycles. The Hall–Kier alpha value is -3.28. The monoisotopic (exact) mass is 438 g/mol. The lowest BCUT2D eigenvalue weighted by atomic mass is 10.1. The van der Waals surface area contributed by atoms with Gasteiger partial charge in [-0.3, -0.25) is 0 Å². The maximum absolute atomic E-state index is 12.6. The third kappa shape index (κ3) is 6.36. The Labute approximate surface area is 187 Å². The second kappa shape index (κ2) is 11.9. The van der Waals surface area contributed by atoms with Crippen LogP contribution in [0.15, 0.2) is 57.7 Å². The number of phenols is 1. The molecular weight excluding hydrogens is 408 g/mol. The lowest BCUT2D eigenvalue weighted by Gasteiger charge is -2.13. The summed E-state index contributed by atoms with van der Waals surface area (Å²) in [5.41, 5.74) is -0.356. The van der Waals surface area contributed by atoms with Crippen molar-refractivity contribution in [3.63, 3.8) is 0 Å². The van der Waals surface area contributed by atoms with E-state index in [2.05, 4.69) is 6.92 Å². The van der Waals surface area contributed by atoms with Crippen molar-refractivity contribution in [2.45, 2.75) is 58.3 Å². The fourth-order valence-corrected chi connectivity index (χ4v) is 3.51. The van der Waals surface area contributed by atoms with Crippen LogP contribution in [0.1, 0.15) is 68.6 Å². The molecular formula is C26H30O6. The molecule has 0 unspecified atom stereocenters. The van der Waals surface area contributed by atoms with Gasteiger partial charge in [0.05, 0.1) is 17.6 Å². The Morgan fingerprint density at radius 3 is 2.31 bits per heavy atom. The number of esters is 1. The molecule has 6 heteroatoms. The van der Waals surface area contributed by atoms with Gasteiger partial charge in [0.1, 0.15) is 11.3 Å². The molecule has 170 valence electrons. The van der Waals surface area contributed by atoms with E-state index in [1.54, 1.807) is 36.4 Å². The van der Waals surface area contributed by atoms with Crippen LogP contribution in [-0.2, 0) is 0 Å². The zero-order valence-corrected chi connectivity index (χ0v) is 18.5. The summed E-state index contributed by atoms with van der Waals surface area (Å²) in [7, 11) is 0. The van der Waals surface area contributed by atoms with E-state index in [1.807, 2.05) is 0 Å². The van der Waals surface area contributed by atoms with E-state index in [4.69, 9.17) is 13.9 Å². The molecule has 0 aliphatic rings. The molecule has 1 N–H and O–H groups in total. The van der Waals surface area contributed by atoms with Gasteiger partial charge < -0.3 is 19.0 Å². The van der Waals surface area contributed by atoms with Crippen LogP contribution in [0, 0.1) is 0 Å². The zero-order chi connectivity index (χ0) is 22.8. The lowest BCUT2D eigenvalue weighted by Crippen LogP contribution is -2.16. The van der Waals surface area contributed by atoms with E-state index in [9.17, 15) is 14.7 Å². The van der Waals surface area contributed by atoms with Crippen LogP contribution in [0.3, 0.4) is 0 Å². The van der Waals surface area contributed by atoms with Crippen LogP contribution in [0.25, 0.3) is 11.0 Å². The third-order valence-corrected chi connectivity index (χ3v) is 5.25.